The number of carbonyl (C=O) groups is 3. The summed E-state index contributed by atoms with van der Waals surface area (Å²) in [5, 5.41) is 3.25. The Labute approximate surface area is 174 Å². The average Bonchev–Trinajstić information content (AvgIpc) is 3.18. The van der Waals surface area contributed by atoms with E-state index in [0.717, 1.165) is 4.47 Å². The van der Waals surface area contributed by atoms with E-state index in [4.69, 9.17) is 14.9 Å². The van der Waals surface area contributed by atoms with E-state index in [1.54, 1.807) is 39.0 Å². The molecule has 2 heterocycles. The lowest BCUT2D eigenvalue weighted by Gasteiger charge is -2.27. The minimum Gasteiger partial charge on any atom is -0.449 e. The van der Waals surface area contributed by atoms with Gasteiger partial charge < -0.3 is 20.2 Å². The predicted octanol–water partition coefficient (Wildman–Crippen LogP) is 3.54. The number of primary amides is 1. The standard InChI is InChI=1S/C18H20BrN3O5S/c1-18(2,3)27-17(25)22-8-28-7-11(22)16(24)21-13-10-6-9(19)4-5-12(10)26-14(13)15(20)23/h4-6,11H,7-8H2,1-3H3,(H2,20,23)(H,21,24). The van der Waals surface area contributed by atoms with Crippen LogP contribution in [0.4, 0.5) is 10.5 Å². The number of nitrogens with one attached hydrogen (secondary N) is 1. The first-order valence-electron chi connectivity index (χ1n) is 8.47. The third-order valence-corrected chi connectivity index (χ3v) is 5.44. The lowest BCUT2D eigenvalue weighted by Crippen LogP contribution is -2.46. The number of hydrogen-bond acceptors (Lipinski definition) is 6. The fraction of sp³-hybridized carbons (Fsp3) is 0.389. The summed E-state index contributed by atoms with van der Waals surface area (Å²) in [5.74, 6) is -0.631. The van der Waals surface area contributed by atoms with Gasteiger partial charge in [-0.1, -0.05) is 15.9 Å². The molecule has 28 heavy (non-hydrogen) atoms. The van der Waals surface area contributed by atoms with Crippen molar-refractivity contribution in [2.45, 2.75) is 32.4 Å². The highest BCUT2D eigenvalue weighted by Gasteiger charge is 2.38. The van der Waals surface area contributed by atoms with Crippen LogP contribution in [-0.2, 0) is 9.53 Å². The second-order valence-electron chi connectivity index (χ2n) is 7.27. The summed E-state index contributed by atoms with van der Waals surface area (Å²) in [6.45, 7) is 5.29. The lowest BCUT2D eigenvalue weighted by atomic mass is 10.2. The molecule has 0 aliphatic carbocycles. The van der Waals surface area contributed by atoms with Gasteiger partial charge in [0.25, 0.3) is 5.91 Å². The molecule has 8 nitrogen and oxygen atoms in total. The maximum absolute atomic E-state index is 12.9. The van der Waals surface area contributed by atoms with Gasteiger partial charge in [0.1, 0.15) is 22.9 Å². The van der Waals surface area contributed by atoms with E-state index in [2.05, 4.69) is 21.2 Å². The monoisotopic (exact) mass is 469 g/mol. The topological polar surface area (TPSA) is 115 Å². The summed E-state index contributed by atoms with van der Waals surface area (Å²) in [6, 6.07) is 4.40. The maximum atomic E-state index is 12.9. The van der Waals surface area contributed by atoms with Crippen LogP contribution in [0.5, 0.6) is 0 Å². The SMILES string of the molecule is CC(C)(C)OC(=O)N1CSCC1C(=O)Nc1c(C(N)=O)oc2ccc(Br)cc12. The molecule has 1 aliphatic rings. The summed E-state index contributed by atoms with van der Waals surface area (Å²) < 4.78 is 11.6. The Bertz CT molecular complexity index is 953. The van der Waals surface area contributed by atoms with Crippen LogP contribution in [0.3, 0.4) is 0 Å². The van der Waals surface area contributed by atoms with Crippen LogP contribution in [0, 0.1) is 0 Å². The average molecular weight is 470 g/mol. The Morgan fingerprint density at radius 1 is 1.36 bits per heavy atom. The van der Waals surface area contributed by atoms with Crippen molar-refractivity contribution in [3.05, 3.63) is 28.4 Å². The van der Waals surface area contributed by atoms with E-state index in [9.17, 15) is 14.4 Å². The minimum atomic E-state index is -0.799. The number of anilines is 1. The first-order chi connectivity index (χ1) is 13.1. The third-order valence-electron chi connectivity index (χ3n) is 3.93. The van der Waals surface area contributed by atoms with Crippen LogP contribution < -0.4 is 11.1 Å². The normalized spacial score (nSPS) is 17.0. The Morgan fingerprint density at radius 2 is 2.07 bits per heavy atom. The maximum Gasteiger partial charge on any atom is 0.411 e. The number of halogens is 1. The highest BCUT2D eigenvalue weighted by molar-refractivity contribution is 9.10. The zero-order valence-electron chi connectivity index (χ0n) is 15.6. The Hall–Kier alpha value is -2.20. The van der Waals surface area contributed by atoms with Crippen LogP contribution in [-0.4, -0.2) is 46.1 Å². The van der Waals surface area contributed by atoms with Crippen LogP contribution >= 0.6 is 27.7 Å². The minimum absolute atomic E-state index is 0.143. The molecule has 0 radical (unpaired) electrons. The Balaban J connectivity index is 1.88. The molecule has 3 N–H and O–H groups in total. The second-order valence-corrected chi connectivity index (χ2v) is 9.18. The molecular formula is C18H20BrN3O5S. The number of fused-ring (bicyclic) bond motifs is 1. The number of ether oxygens (including phenoxy) is 1. The molecule has 150 valence electrons. The first kappa shape index (κ1) is 20.5. The second kappa shape index (κ2) is 7.67. The number of nitrogens with two attached hydrogens (primary N) is 1. The number of amides is 3. The van der Waals surface area contributed by atoms with Gasteiger partial charge in [-0.2, -0.15) is 0 Å². The van der Waals surface area contributed by atoms with Gasteiger partial charge in [-0.05, 0) is 39.0 Å². The molecule has 1 aliphatic heterocycles. The fourth-order valence-corrected chi connectivity index (χ4v) is 4.24. The highest BCUT2D eigenvalue weighted by Crippen LogP contribution is 2.34. The van der Waals surface area contributed by atoms with Gasteiger partial charge in [-0.3, -0.25) is 14.5 Å². The van der Waals surface area contributed by atoms with Crippen molar-refractivity contribution in [3.8, 4) is 0 Å². The molecule has 3 rings (SSSR count). The molecule has 10 heteroatoms. The largest absolute Gasteiger partial charge is 0.449 e. The predicted molar refractivity (Wildman–Crippen MR) is 110 cm³/mol. The van der Waals surface area contributed by atoms with Crippen molar-refractivity contribution >= 4 is 62.3 Å². The van der Waals surface area contributed by atoms with E-state index < -0.39 is 29.6 Å². The fourth-order valence-electron chi connectivity index (χ4n) is 2.73. The molecule has 0 bridgehead atoms. The molecule has 1 unspecified atom stereocenters. The van der Waals surface area contributed by atoms with Crippen LogP contribution in [0.2, 0.25) is 0 Å². The number of rotatable bonds is 3. The van der Waals surface area contributed by atoms with Crippen LogP contribution in [0.15, 0.2) is 27.1 Å². The molecule has 2 aromatic rings. The number of nitrogens with zero attached hydrogens (tertiary/aromatic N) is 1. The van der Waals surface area contributed by atoms with Crippen LogP contribution in [0.1, 0.15) is 31.3 Å². The molecule has 0 saturated carbocycles. The number of carbonyl (C=O) groups excluding carboxylic acids is 3. The van der Waals surface area contributed by atoms with Gasteiger partial charge in [-0.25, -0.2) is 4.79 Å². The quantitative estimate of drug-likeness (QED) is 0.709. The molecular weight excluding hydrogens is 450 g/mol. The summed E-state index contributed by atoms with van der Waals surface area (Å²) in [4.78, 5) is 38.5. The summed E-state index contributed by atoms with van der Waals surface area (Å²) in [6.07, 6.45) is -0.562. The van der Waals surface area contributed by atoms with E-state index in [-0.39, 0.29) is 11.4 Å². The van der Waals surface area contributed by atoms with Crippen molar-refractivity contribution in [2.24, 2.45) is 5.73 Å². The van der Waals surface area contributed by atoms with E-state index >= 15 is 0 Å². The van der Waals surface area contributed by atoms with Crippen molar-refractivity contribution < 1.29 is 23.5 Å². The van der Waals surface area contributed by atoms with Gasteiger partial charge >= 0.3 is 6.09 Å². The molecule has 1 saturated heterocycles. The first-order valence-corrected chi connectivity index (χ1v) is 10.4. The molecule has 3 amide bonds. The van der Waals surface area contributed by atoms with Gasteiger partial charge in [0.2, 0.25) is 11.7 Å². The number of hydrogen-bond donors (Lipinski definition) is 2. The zero-order chi connectivity index (χ0) is 20.6. The Morgan fingerprint density at radius 3 is 2.71 bits per heavy atom. The zero-order valence-corrected chi connectivity index (χ0v) is 18.0. The number of furan rings is 1. The van der Waals surface area contributed by atoms with Crippen LogP contribution in [0.25, 0.3) is 11.0 Å². The Kier molecular flexibility index (Phi) is 5.62. The molecule has 1 aromatic carbocycles. The molecule has 1 aromatic heterocycles. The van der Waals surface area contributed by atoms with Gasteiger partial charge in [-0.15, -0.1) is 11.8 Å². The van der Waals surface area contributed by atoms with Gasteiger partial charge in [0.05, 0.1) is 5.88 Å². The van der Waals surface area contributed by atoms with E-state index in [1.807, 2.05) is 0 Å². The van der Waals surface area contributed by atoms with Crippen molar-refractivity contribution in [1.29, 1.82) is 0 Å². The summed E-state index contributed by atoms with van der Waals surface area (Å²) >= 11 is 4.80. The molecule has 0 spiro atoms. The van der Waals surface area contributed by atoms with E-state index in [1.165, 1.54) is 16.7 Å². The van der Waals surface area contributed by atoms with Crippen molar-refractivity contribution in [3.63, 3.8) is 0 Å². The number of benzene rings is 1. The smallest absolute Gasteiger partial charge is 0.411 e. The summed E-state index contributed by atoms with van der Waals surface area (Å²) in [7, 11) is 0. The number of thioether (sulfide) groups is 1. The van der Waals surface area contributed by atoms with Gasteiger partial charge in [0.15, 0.2) is 0 Å². The molecule has 1 fully saturated rings. The van der Waals surface area contributed by atoms with Crippen molar-refractivity contribution in [1.82, 2.24) is 4.90 Å². The summed E-state index contributed by atoms with van der Waals surface area (Å²) in [5.41, 5.74) is 5.34. The van der Waals surface area contributed by atoms with Crippen molar-refractivity contribution in [2.75, 3.05) is 16.9 Å². The highest BCUT2D eigenvalue weighted by atomic mass is 79.9. The molecule has 1 atom stereocenters. The van der Waals surface area contributed by atoms with Gasteiger partial charge in [0, 0.05) is 15.6 Å². The lowest BCUT2D eigenvalue weighted by molar-refractivity contribution is -0.120. The van der Waals surface area contributed by atoms with E-state index in [0.29, 0.717) is 22.6 Å². The third kappa shape index (κ3) is 4.27.